The maximum atomic E-state index is 8.50. The highest BCUT2D eigenvalue weighted by atomic mass is 32.2. The Morgan fingerprint density at radius 2 is 2.42 bits per heavy atom. The zero-order valence-electron chi connectivity index (χ0n) is 6.81. The molecule has 5 heteroatoms. The second-order valence-corrected chi connectivity index (χ2v) is 3.60. The Kier molecular flexibility index (Phi) is 3.96. The fourth-order valence-corrected chi connectivity index (χ4v) is 1.48. The minimum atomic E-state index is 0.242. The van der Waals surface area contributed by atoms with Crippen LogP contribution in [0.4, 0.5) is 5.69 Å². The molecule has 0 aliphatic carbocycles. The normalized spacial score (nSPS) is 10.4. The van der Waals surface area contributed by atoms with Crippen LogP contribution in [0.5, 0.6) is 0 Å². The fourth-order valence-electron chi connectivity index (χ4n) is 0.827. The number of aliphatic hydroxyl groups excluding tert-OH is 1. The second-order valence-electron chi connectivity index (χ2n) is 2.37. The SMILES string of the molecule is Nc1cnn(CCSCCO)c1. The van der Waals surface area contributed by atoms with Crippen molar-refractivity contribution in [1.29, 1.82) is 0 Å². The number of rotatable bonds is 5. The van der Waals surface area contributed by atoms with Crippen LogP contribution in [0.1, 0.15) is 0 Å². The molecule has 0 unspecified atom stereocenters. The van der Waals surface area contributed by atoms with Crippen LogP contribution in [0.3, 0.4) is 0 Å². The molecule has 0 amide bonds. The predicted molar refractivity (Wildman–Crippen MR) is 51.1 cm³/mol. The summed E-state index contributed by atoms with van der Waals surface area (Å²) in [6.45, 7) is 1.09. The van der Waals surface area contributed by atoms with Crippen molar-refractivity contribution in [1.82, 2.24) is 9.78 Å². The van der Waals surface area contributed by atoms with Gasteiger partial charge in [-0.15, -0.1) is 0 Å². The number of aryl methyl sites for hydroxylation is 1. The van der Waals surface area contributed by atoms with E-state index in [1.54, 1.807) is 28.8 Å². The van der Waals surface area contributed by atoms with Crippen molar-refractivity contribution in [3.05, 3.63) is 12.4 Å². The van der Waals surface area contributed by atoms with E-state index in [0.717, 1.165) is 18.1 Å². The number of aliphatic hydroxyl groups is 1. The van der Waals surface area contributed by atoms with E-state index in [-0.39, 0.29) is 6.61 Å². The molecule has 0 aromatic carbocycles. The third-order valence-electron chi connectivity index (χ3n) is 1.35. The highest BCUT2D eigenvalue weighted by Gasteiger charge is 1.93. The lowest BCUT2D eigenvalue weighted by Gasteiger charge is -1.99. The predicted octanol–water partition coefficient (Wildman–Crippen LogP) is 0.191. The van der Waals surface area contributed by atoms with Gasteiger partial charge in [0.1, 0.15) is 0 Å². The first-order valence-corrected chi connectivity index (χ1v) is 4.95. The van der Waals surface area contributed by atoms with E-state index >= 15 is 0 Å². The number of hydrogen-bond acceptors (Lipinski definition) is 4. The zero-order chi connectivity index (χ0) is 8.81. The van der Waals surface area contributed by atoms with Gasteiger partial charge in [0.05, 0.1) is 25.0 Å². The number of nitrogen functional groups attached to an aromatic ring is 1. The molecule has 0 radical (unpaired) electrons. The Balaban J connectivity index is 2.15. The summed E-state index contributed by atoms with van der Waals surface area (Å²) in [5, 5.41) is 12.5. The van der Waals surface area contributed by atoms with Crippen LogP contribution >= 0.6 is 11.8 Å². The first-order valence-electron chi connectivity index (χ1n) is 3.79. The molecule has 0 aliphatic heterocycles. The van der Waals surface area contributed by atoms with Gasteiger partial charge in [-0.2, -0.15) is 16.9 Å². The van der Waals surface area contributed by atoms with Crippen molar-refractivity contribution in [2.75, 3.05) is 23.8 Å². The van der Waals surface area contributed by atoms with Gasteiger partial charge in [-0.05, 0) is 0 Å². The number of nitrogens with zero attached hydrogens (tertiary/aromatic N) is 2. The molecular weight excluding hydrogens is 174 g/mol. The smallest absolute Gasteiger partial charge is 0.0719 e. The van der Waals surface area contributed by atoms with Crippen molar-refractivity contribution >= 4 is 17.4 Å². The molecule has 12 heavy (non-hydrogen) atoms. The number of aromatic nitrogens is 2. The lowest BCUT2D eigenvalue weighted by Crippen LogP contribution is -2.01. The molecule has 1 rings (SSSR count). The molecule has 0 atom stereocenters. The maximum Gasteiger partial charge on any atom is 0.0719 e. The molecule has 0 fully saturated rings. The van der Waals surface area contributed by atoms with Crippen LogP contribution in [-0.4, -0.2) is 33.0 Å². The molecular formula is C7H13N3OS. The summed E-state index contributed by atoms with van der Waals surface area (Å²) in [4.78, 5) is 0. The Hall–Kier alpha value is -0.680. The Morgan fingerprint density at radius 1 is 1.58 bits per heavy atom. The summed E-state index contributed by atoms with van der Waals surface area (Å²) < 4.78 is 1.81. The molecule has 1 aromatic rings. The van der Waals surface area contributed by atoms with Gasteiger partial charge < -0.3 is 10.8 Å². The quantitative estimate of drug-likeness (QED) is 0.646. The minimum absolute atomic E-state index is 0.242. The molecule has 4 nitrogen and oxygen atoms in total. The highest BCUT2D eigenvalue weighted by Crippen LogP contribution is 2.02. The van der Waals surface area contributed by atoms with E-state index in [4.69, 9.17) is 10.8 Å². The Morgan fingerprint density at radius 3 is 3.00 bits per heavy atom. The molecule has 0 aliphatic rings. The summed E-state index contributed by atoms with van der Waals surface area (Å²) in [5.74, 6) is 1.75. The Bertz CT molecular complexity index is 226. The van der Waals surface area contributed by atoms with Crippen molar-refractivity contribution in [2.24, 2.45) is 0 Å². The van der Waals surface area contributed by atoms with Crippen molar-refractivity contribution < 1.29 is 5.11 Å². The average Bonchev–Trinajstić information content (AvgIpc) is 2.45. The molecule has 1 aromatic heterocycles. The minimum Gasteiger partial charge on any atom is -0.396 e. The number of thioether (sulfide) groups is 1. The van der Waals surface area contributed by atoms with Gasteiger partial charge in [0.15, 0.2) is 0 Å². The third-order valence-corrected chi connectivity index (χ3v) is 2.30. The van der Waals surface area contributed by atoms with Crippen LogP contribution in [0, 0.1) is 0 Å². The molecule has 0 saturated carbocycles. The summed E-state index contributed by atoms with van der Waals surface area (Å²) in [5.41, 5.74) is 6.18. The average molecular weight is 187 g/mol. The van der Waals surface area contributed by atoms with E-state index in [2.05, 4.69) is 5.10 Å². The van der Waals surface area contributed by atoms with E-state index in [1.807, 2.05) is 0 Å². The van der Waals surface area contributed by atoms with Crippen molar-refractivity contribution in [3.63, 3.8) is 0 Å². The van der Waals surface area contributed by atoms with E-state index < -0.39 is 0 Å². The maximum absolute atomic E-state index is 8.50. The van der Waals surface area contributed by atoms with Gasteiger partial charge in [0.25, 0.3) is 0 Å². The molecule has 1 heterocycles. The molecule has 0 bridgehead atoms. The van der Waals surface area contributed by atoms with E-state index in [0.29, 0.717) is 5.69 Å². The standard InChI is InChI=1S/C7H13N3OS/c8-7-5-9-10(6-7)1-3-12-4-2-11/h5-6,11H,1-4,8H2. The molecule has 0 spiro atoms. The molecule has 3 N–H and O–H groups in total. The summed E-state index contributed by atoms with van der Waals surface area (Å²) in [6, 6.07) is 0. The van der Waals surface area contributed by atoms with E-state index in [9.17, 15) is 0 Å². The van der Waals surface area contributed by atoms with Crippen molar-refractivity contribution in [3.8, 4) is 0 Å². The van der Waals surface area contributed by atoms with Gasteiger partial charge in [-0.1, -0.05) is 0 Å². The molecule has 68 valence electrons. The van der Waals surface area contributed by atoms with Crippen LogP contribution < -0.4 is 5.73 Å². The van der Waals surface area contributed by atoms with E-state index in [1.165, 1.54) is 0 Å². The summed E-state index contributed by atoms with van der Waals surface area (Å²) in [7, 11) is 0. The monoisotopic (exact) mass is 187 g/mol. The first kappa shape index (κ1) is 9.41. The van der Waals surface area contributed by atoms with Crippen LogP contribution in [0.2, 0.25) is 0 Å². The van der Waals surface area contributed by atoms with Gasteiger partial charge in [0.2, 0.25) is 0 Å². The van der Waals surface area contributed by atoms with Gasteiger partial charge in [0, 0.05) is 17.7 Å². The van der Waals surface area contributed by atoms with Crippen LogP contribution in [-0.2, 0) is 6.54 Å². The van der Waals surface area contributed by atoms with Crippen molar-refractivity contribution in [2.45, 2.75) is 6.54 Å². The lowest BCUT2D eigenvalue weighted by molar-refractivity contribution is 0.322. The van der Waals surface area contributed by atoms with Gasteiger partial charge >= 0.3 is 0 Å². The number of nitrogens with two attached hydrogens (primary N) is 1. The topological polar surface area (TPSA) is 64.1 Å². The summed E-state index contributed by atoms with van der Waals surface area (Å²) in [6.07, 6.45) is 3.44. The molecule has 0 saturated heterocycles. The van der Waals surface area contributed by atoms with Gasteiger partial charge in [-0.3, -0.25) is 4.68 Å². The third kappa shape index (κ3) is 3.15. The summed E-state index contributed by atoms with van der Waals surface area (Å²) >= 11 is 1.71. The number of hydrogen-bond donors (Lipinski definition) is 2. The van der Waals surface area contributed by atoms with Gasteiger partial charge in [-0.25, -0.2) is 0 Å². The first-order chi connectivity index (χ1) is 5.83. The lowest BCUT2D eigenvalue weighted by atomic mass is 10.6. The second kappa shape index (κ2) is 5.05. The number of anilines is 1. The Labute approximate surface area is 75.8 Å². The fraction of sp³-hybridized carbons (Fsp3) is 0.571. The highest BCUT2D eigenvalue weighted by molar-refractivity contribution is 7.99. The zero-order valence-corrected chi connectivity index (χ0v) is 7.63. The van der Waals surface area contributed by atoms with Crippen LogP contribution in [0.25, 0.3) is 0 Å². The largest absolute Gasteiger partial charge is 0.396 e. The van der Waals surface area contributed by atoms with Crippen LogP contribution in [0.15, 0.2) is 12.4 Å².